The summed E-state index contributed by atoms with van der Waals surface area (Å²) in [5.74, 6) is -0.0631. The number of fused-ring (bicyclic) bond motifs is 1. The molecule has 0 radical (unpaired) electrons. The maximum Gasteiger partial charge on any atom is 0.410 e. The summed E-state index contributed by atoms with van der Waals surface area (Å²) < 4.78 is 5.40. The van der Waals surface area contributed by atoms with Crippen LogP contribution in [0.5, 0.6) is 0 Å². The summed E-state index contributed by atoms with van der Waals surface area (Å²) in [6, 6.07) is 23.4. The van der Waals surface area contributed by atoms with Gasteiger partial charge in [-0.3, -0.25) is 4.79 Å². The molecular weight excluding hydrogens is 364 g/mol. The van der Waals surface area contributed by atoms with Gasteiger partial charge in [0.25, 0.3) is 5.91 Å². The summed E-state index contributed by atoms with van der Waals surface area (Å²) >= 11 is 0. The Morgan fingerprint density at radius 2 is 1.59 bits per heavy atom. The number of nitrogens with zero attached hydrogens (tertiary/aromatic N) is 1. The van der Waals surface area contributed by atoms with Crippen molar-refractivity contribution in [3.8, 4) is 0 Å². The van der Waals surface area contributed by atoms with Crippen LogP contribution in [-0.2, 0) is 11.3 Å². The highest BCUT2D eigenvalue weighted by Gasteiger charge is 2.25. The Bertz CT molecular complexity index is 990. The average Bonchev–Trinajstić information content (AvgIpc) is 2.78. The molecule has 1 aliphatic rings. The summed E-state index contributed by atoms with van der Waals surface area (Å²) in [6.45, 7) is 1.43. The van der Waals surface area contributed by atoms with Crippen LogP contribution in [0.2, 0.25) is 0 Å². The lowest BCUT2D eigenvalue weighted by molar-refractivity contribution is 0.0810. The van der Waals surface area contributed by atoms with E-state index in [-0.39, 0.29) is 24.6 Å². The highest BCUT2D eigenvalue weighted by molar-refractivity contribution is 6.07. The number of nitrogens with one attached hydrogen (secondary N) is 1. The van der Waals surface area contributed by atoms with Gasteiger partial charge in [0, 0.05) is 24.7 Å². The third kappa shape index (κ3) is 4.57. The van der Waals surface area contributed by atoms with Gasteiger partial charge in [-0.2, -0.15) is 0 Å². The molecule has 0 bridgehead atoms. The van der Waals surface area contributed by atoms with Gasteiger partial charge < -0.3 is 15.0 Å². The molecule has 0 aromatic heterocycles. The molecule has 1 aliphatic heterocycles. The van der Waals surface area contributed by atoms with Crippen molar-refractivity contribution in [3.05, 3.63) is 83.9 Å². The van der Waals surface area contributed by atoms with Crippen LogP contribution in [0.25, 0.3) is 10.8 Å². The SMILES string of the molecule is O=C(NC1CCN(C(=O)OCc2ccccc2)CC1)c1cccc2ccccc12. The fourth-order valence-corrected chi connectivity index (χ4v) is 3.70. The van der Waals surface area contributed by atoms with Crippen LogP contribution in [0.1, 0.15) is 28.8 Å². The average molecular weight is 388 g/mol. The Morgan fingerprint density at radius 1 is 0.897 bits per heavy atom. The second-order valence-electron chi connectivity index (χ2n) is 7.30. The first-order valence-electron chi connectivity index (χ1n) is 9.95. The number of hydrogen-bond donors (Lipinski definition) is 1. The van der Waals surface area contributed by atoms with Crippen molar-refractivity contribution in [3.63, 3.8) is 0 Å². The molecule has 2 amide bonds. The van der Waals surface area contributed by atoms with E-state index in [1.165, 1.54) is 0 Å². The van der Waals surface area contributed by atoms with Gasteiger partial charge in [-0.1, -0.05) is 66.7 Å². The van der Waals surface area contributed by atoms with E-state index < -0.39 is 0 Å². The Balaban J connectivity index is 1.29. The first-order valence-corrected chi connectivity index (χ1v) is 9.95. The van der Waals surface area contributed by atoms with Gasteiger partial charge in [0.15, 0.2) is 0 Å². The van der Waals surface area contributed by atoms with E-state index in [0.29, 0.717) is 18.7 Å². The number of benzene rings is 3. The molecule has 4 rings (SSSR count). The van der Waals surface area contributed by atoms with Gasteiger partial charge in [-0.05, 0) is 35.2 Å². The predicted octanol–water partition coefficient (Wildman–Crippen LogP) is 4.37. The molecule has 1 N–H and O–H groups in total. The standard InChI is InChI=1S/C24H24N2O3/c27-23(22-12-6-10-19-9-4-5-11-21(19)22)25-20-13-15-26(16-14-20)24(28)29-17-18-7-2-1-3-8-18/h1-12,20H,13-17H2,(H,25,27). The number of likely N-dealkylation sites (tertiary alicyclic amines) is 1. The van der Waals surface area contributed by atoms with Crippen LogP contribution in [-0.4, -0.2) is 36.0 Å². The summed E-state index contributed by atoms with van der Waals surface area (Å²) in [6.07, 6.45) is 1.14. The van der Waals surface area contributed by atoms with Crippen LogP contribution in [0, 0.1) is 0 Å². The molecule has 5 heteroatoms. The second-order valence-corrected chi connectivity index (χ2v) is 7.30. The third-order valence-electron chi connectivity index (χ3n) is 5.33. The maximum atomic E-state index is 12.8. The van der Waals surface area contributed by atoms with Crippen LogP contribution in [0.15, 0.2) is 72.8 Å². The van der Waals surface area contributed by atoms with Gasteiger partial charge >= 0.3 is 6.09 Å². The largest absolute Gasteiger partial charge is 0.445 e. The fraction of sp³-hybridized carbons (Fsp3) is 0.250. The molecule has 0 atom stereocenters. The Kier molecular flexibility index (Phi) is 5.75. The van der Waals surface area contributed by atoms with E-state index in [1.807, 2.05) is 72.8 Å². The number of carbonyl (C=O) groups excluding carboxylic acids is 2. The van der Waals surface area contributed by atoms with E-state index in [4.69, 9.17) is 4.74 Å². The topological polar surface area (TPSA) is 58.6 Å². The smallest absolute Gasteiger partial charge is 0.410 e. The van der Waals surface area contributed by atoms with Crippen molar-refractivity contribution in [2.45, 2.75) is 25.5 Å². The minimum absolute atomic E-state index is 0.0552. The normalized spacial score (nSPS) is 14.6. The molecule has 0 unspecified atom stereocenters. The maximum absolute atomic E-state index is 12.8. The van der Waals surface area contributed by atoms with Crippen molar-refractivity contribution in [2.24, 2.45) is 0 Å². The van der Waals surface area contributed by atoms with Crippen LogP contribution >= 0.6 is 0 Å². The monoisotopic (exact) mass is 388 g/mol. The van der Waals surface area contributed by atoms with Crippen molar-refractivity contribution in [1.82, 2.24) is 10.2 Å². The van der Waals surface area contributed by atoms with Crippen molar-refractivity contribution >= 4 is 22.8 Å². The Hall–Kier alpha value is -3.34. The number of carbonyl (C=O) groups is 2. The number of amides is 2. The zero-order valence-corrected chi connectivity index (χ0v) is 16.2. The van der Waals surface area contributed by atoms with Gasteiger partial charge in [0.1, 0.15) is 6.61 Å². The first-order chi connectivity index (χ1) is 14.2. The minimum atomic E-state index is -0.298. The van der Waals surface area contributed by atoms with Crippen molar-refractivity contribution in [2.75, 3.05) is 13.1 Å². The summed E-state index contributed by atoms with van der Waals surface area (Å²) in [7, 11) is 0. The van der Waals surface area contributed by atoms with Crippen LogP contribution in [0.3, 0.4) is 0 Å². The Morgan fingerprint density at radius 3 is 2.38 bits per heavy atom. The lowest BCUT2D eigenvalue weighted by Crippen LogP contribution is -2.46. The molecular formula is C24H24N2O3. The van der Waals surface area contributed by atoms with E-state index in [1.54, 1.807) is 4.90 Å². The lowest BCUT2D eigenvalue weighted by atomic mass is 10.0. The highest BCUT2D eigenvalue weighted by Crippen LogP contribution is 2.19. The molecule has 5 nitrogen and oxygen atoms in total. The number of piperidine rings is 1. The lowest BCUT2D eigenvalue weighted by Gasteiger charge is -2.31. The zero-order valence-electron chi connectivity index (χ0n) is 16.2. The van der Waals surface area contributed by atoms with Gasteiger partial charge in [0.2, 0.25) is 0 Å². The molecule has 0 spiro atoms. The molecule has 3 aromatic rings. The van der Waals surface area contributed by atoms with E-state index in [9.17, 15) is 9.59 Å². The molecule has 1 heterocycles. The minimum Gasteiger partial charge on any atom is -0.445 e. The molecule has 1 saturated heterocycles. The van der Waals surface area contributed by atoms with Crippen LogP contribution < -0.4 is 5.32 Å². The quantitative estimate of drug-likeness (QED) is 0.722. The third-order valence-corrected chi connectivity index (χ3v) is 5.33. The fourth-order valence-electron chi connectivity index (χ4n) is 3.70. The molecule has 0 saturated carbocycles. The molecule has 148 valence electrons. The van der Waals surface area contributed by atoms with E-state index >= 15 is 0 Å². The van der Waals surface area contributed by atoms with Gasteiger partial charge in [-0.25, -0.2) is 4.79 Å². The van der Waals surface area contributed by atoms with Crippen molar-refractivity contribution in [1.29, 1.82) is 0 Å². The van der Waals surface area contributed by atoms with E-state index in [0.717, 1.165) is 29.2 Å². The second kappa shape index (κ2) is 8.78. The molecule has 0 aliphatic carbocycles. The van der Waals surface area contributed by atoms with Crippen LogP contribution in [0.4, 0.5) is 4.79 Å². The van der Waals surface area contributed by atoms with Gasteiger partial charge in [0.05, 0.1) is 0 Å². The molecule has 1 fully saturated rings. The number of rotatable bonds is 4. The number of hydrogen-bond acceptors (Lipinski definition) is 3. The molecule has 29 heavy (non-hydrogen) atoms. The molecule has 3 aromatic carbocycles. The predicted molar refractivity (Wildman–Crippen MR) is 113 cm³/mol. The summed E-state index contributed by atoms with van der Waals surface area (Å²) in [5.41, 5.74) is 1.66. The zero-order chi connectivity index (χ0) is 20.1. The summed E-state index contributed by atoms with van der Waals surface area (Å²) in [5, 5.41) is 5.13. The van der Waals surface area contributed by atoms with E-state index in [2.05, 4.69) is 5.32 Å². The number of ether oxygens (including phenoxy) is 1. The van der Waals surface area contributed by atoms with Crippen molar-refractivity contribution < 1.29 is 14.3 Å². The van der Waals surface area contributed by atoms with Gasteiger partial charge in [-0.15, -0.1) is 0 Å². The highest BCUT2D eigenvalue weighted by atomic mass is 16.6. The summed E-state index contributed by atoms with van der Waals surface area (Å²) in [4.78, 5) is 26.8. The first kappa shape index (κ1) is 19.0. The Labute approximate surface area is 170 Å².